The number of carboxylic acids is 1. The first-order valence-corrected chi connectivity index (χ1v) is 6.56. The average Bonchev–Trinajstić information content (AvgIpc) is 2.01. The van der Waals surface area contributed by atoms with Gasteiger partial charge in [-0.15, -0.1) is 0 Å². The molecule has 1 N–H and O–H groups in total. The second-order valence-electron chi connectivity index (χ2n) is 3.82. The highest BCUT2D eigenvalue weighted by molar-refractivity contribution is 7.89. The monoisotopic (exact) mass is 237 g/mol. The maximum atomic E-state index is 11.6. The molecule has 0 saturated heterocycles. The predicted molar refractivity (Wildman–Crippen MR) is 58.1 cm³/mol. The van der Waals surface area contributed by atoms with Crippen LogP contribution in [0.4, 0.5) is 0 Å². The fourth-order valence-electron chi connectivity index (χ4n) is 1.35. The van der Waals surface area contributed by atoms with Crippen LogP contribution in [0.1, 0.15) is 26.7 Å². The molecule has 0 spiro atoms. The van der Waals surface area contributed by atoms with Crippen LogP contribution in [-0.4, -0.2) is 43.1 Å². The molecule has 0 radical (unpaired) electrons. The number of hydrogen-bond acceptors (Lipinski definition) is 3. The molecule has 15 heavy (non-hydrogen) atoms. The van der Waals surface area contributed by atoms with Gasteiger partial charge in [0.05, 0.1) is 5.75 Å². The molecule has 0 aliphatic carbocycles. The third kappa shape index (κ3) is 5.74. The Morgan fingerprint density at radius 1 is 1.47 bits per heavy atom. The first-order chi connectivity index (χ1) is 6.79. The zero-order chi connectivity index (χ0) is 12.1. The molecule has 0 aromatic carbocycles. The molecule has 0 amide bonds. The zero-order valence-corrected chi connectivity index (χ0v) is 10.2. The summed E-state index contributed by atoms with van der Waals surface area (Å²) in [5, 5.41) is 8.48. The van der Waals surface area contributed by atoms with Crippen molar-refractivity contribution >= 4 is 16.0 Å². The summed E-state index contributed by atoms with van der Waals surface area (Å²) in [5.41, 5.74) is 0. The lowest BCUT2D eigenvalue weighted by Gasteiger charge is -2.17. The highest BCUT2D eigenvalue weighted by Gasteiger charge is 2.22. The van der Waals surface area contributed by atoms with Crippen molar-refractivity contribution in [1.82, 2.24) is 4.31 Å². The molecule has 0 fully saturated rings. The van der Waals surface area contributed by atoms with Crippen LogP contribution in [-0.2, 0) is 14.8 Å². The molecule has 0 aromatic rings. The van der Waals surface area contributed by atoms with E-state index in [2.05, 4.69) is 0 Å². The van der Waals surface area contributed by atoms with Crippen LogP contribution in [0.5, 0.6) is 0 Å². The molecule has 1 atom stereocenters. The van der Waals surface area contributed by atoms with Crippen LogP contribution >= 0.6 is 0 Å². The van der Waals surface area contributed by atoms with Crippen molar-refractivity contribution in [3.8, 4) is 0 Å². The summed E-state index contributed by atoms with van der Waals surface area (Å²) in [5.74, 6) is -1.05. The van der Waals surface area contributed by atoms with E-state index in [0.717, 1.165) is 17.1 Å². The number of carbonyl (C=O) groups is 1. The van der Waals surface area contributed by atoms with Crippen molar-refractivity contribution < 1.29 is 18.3 Å². The van der Waals surface area contributed by atoms with Gasteiger partial charge in [-0.3, -0.25) is 4.79 Å². The summed E-state index contributed by atoms with van der Waals surface area (Å²) in [6.07, 6.45) is 1.76. The summed E-state index contributed by atoms with van der Waals surface area (Å²) in [6.45, 7) is 3.38. The van der Waals surface area contributed by atoms with E-state index < -0.39 is 22.5 Å². The third-order valence-electron chi connectivity index (χ3n) is 2.11. The van der Waals surface area contributed by atoms with Gasteiger partial charge >= 0.3 is 5.97 Å². The summed E-state index contributed by atoms with van der Waals surface area (Å²) < 4.78 is 24.1. The second kappa shape index (κ2) is 6.07. The fourth-order valence-corrected chi connectivity index (χ4v) is 2.80. The van der Waals surface area contributed by atoms with Crippen molar-refractivity contribution in [2.75, 3.05) is 19.3 Å². The van der Waals surface area contributed by atoms with Crippen LogP contribution in [0.25, 0.3) is 0 Å². The number of aliphatic carboxylic acids is 1. The van der Waals surface area contributed by atoms with E-state index in [1.165, 1.54) is 7.05 Å². The van der Waals surface area contributed by atoms with Gasteiger partial charge in [-0.05, 0) is 12.3 Å². The molecule has 0 saturated carbocycles. The molecule has 6 heteroatoms. The van der Waals surface area contributed by atoms with Gasteiger partial charge in [-0.2, -0.15) is 4.31 Å². The lowest BCUT2D eigenvalue weighted by molar-refractivity contribution is -0.137. The molecule has 1 unspecified atom stereocenters. The number of nitrogens with zero attached hydrogens (tertiary/aromatic N) is 1. The summed E-state index contributed by atoms with van der Waals surface area (Å²) in [6, 6.07) is 0. The average molecular weight is 237 g/mol. The fraction of sp³-hybridized carbons (Fsp3) is 0.889. The van der Waals surface area contributed by atoms with Crippen molar-refractivity contribution in [3.63, 3.8) is 0 Å². The Morgan fingerprint density at radius 2 is 2.00 bits per heavy atom. The molecule has 0 rings (SSSR count). The minimum Gasteiger partial charge on any atom is -0.480 e. The molecular formula is C9H19NO4S. The molecule has 0 bridgehead atoms. The van der Waals surface area contributed by atoms with E-state index in [0.29, 0.717) is 0 Å². The first kappa shape index (κ1) is 14.4. The number of carboxylic acid groups (broad SMARTS) is 1. The smallest absolute Gasteiger partial charge is 0.318 e. The zero-order valence-electron chi connectivity index (χ0n) is 9.43. The number of rotatable bonds is 7. The molecule has 0 heterocycles. The topological polar surface area (TPSA) is 74.7 Å². The van der Waals surface area contributed by atoms with Gasteiger partial charge in [-0.25, -0.2) is 8.42 Å². The Morgan fingerprint density at radius 3 is 2.40 bits per heavy atom. The number of sulfonamides is 1. The van der Waals surface area contributed by atoms with E-state index in [4.69, 9.17) is 5.11 Å². The Kier molecular flexibility index (Phi) is 5.82. The maximum Gasteiger partial charge on any atom is 0.318 e. The Hall–Kier alpha value is -0.620. The van der Waals surface area contributed by atoms with E-state index in [9.17, 15) is 13.2 Å². The minimum atomic E-state index is -3.42. The van der Waals surface area contributed by atoms with Gasteiger partial charge < -0.3 is 5.11 Å². The van der Waals surface area contributed by atoms with Gasteiger partial charge in [0.25, 0.3) is 0 Å². The van der Waals surface area contributed by atoms with Crippen LogP contribution in [0.15, 0.2) is 0 Å². The van der Waals surface area contributed by atoms with Crippen LogP contribution < -0.4 is 0 Å². The highest BCUT2D eigenvalue weighted by atomic mass is 32.2. The lowest BCUT2D eigenvalue weighted by atomic mass is 10.1. The maximum absolute atomic E-state index is 11.6. The van der Waals surface area contributed by atoms with Gasteiger partial charge in [0.15, 0.2) is 0 Å². The van der Waals surface area contributed by atoms with E-state index in [-0.39, 0.29) is 11.7 Å². The van der Waals surface area contributed by atoms with E-state index in [1.54, 1.807) is 0 Å². The predicted octanol–water partition coefficient (Wildman–Crippen LogP) is 0.769. The van der Waals surface area contributed by atoms with E-state index in [1.807, 2.05) is 13.8 Å². The standard InChI is InChI=1S/C9H19NO4S/c1-4-5-8(2)7-15(13,14)10(3)6-9(11)12/h8H,4-7H2,1-3H3,(H,11,12). The molecular weight excluding hydrogens is 218 g/mol. The Balaban J connectivity index is 4.34. The van der Waals surface area contributed by atoms with Gasteiger partial charge in [0.2, 0.25) is 10.0 Å². The van der Waals surface area contributed by atoms with E-state index >= 15 is 0 Å². The molecule has 0 aliphatic rings. The quantitative estimate of drug-likeness (QED) is 0.709. The minimum absolute atomic E-state index is 0.0185. The molecule has 0 aromatic heterocycles. The first-order valence-electron chi connectivity index (χ1n) is 4.95. The van der Waals surface area contributed by atoms with Crippen molar-refractivity contribution in [2.45, 2.75) is 26.7 Å². The number of likely N-dealkylation sites (N-methyl/N-ethyl adjacent to an activating group) is 1. The number of hydrogen-bond donors (Lipinski definition) is 1. The normalized spacial score (nSPS) is 14.1. The molecule has 90 valence electrons. The van der Waals surface area contributed by atoms with Crippen molar-refractivity contribution in [1.29, 1.82) is 0 Å². The summed E-state index contributed by atoms with van der Waals surface area (Å²) >= 11 is 0. The van der Waals surface area contributed by atoms with Crippen molar-refractivity contribution in [3.05, 3.63) is 0 Å². The van der Waals surface area contributed by atoms with Crippen LogP contribution in [0.2, 0.25) is 0 Å². The summed E-state index contributed by atoms with van der Waals surface area (Å²) in [7, 11) is -2.13. The van der Waals surface area contributed by atoms with Gasteiger partial charge in [-0.1, -0.05) is 20.3 Å². The second-order valence-corrected chi connectivity index (χ2v) is 5.94. The largest absolute Gasteiger partial charge is 0.480 e. The SMILES string of the molecule is CCCC(C)CS(=O)(=O)N(C)CC(=O)O. The Labute approximate surface area is 91.1 Å². The Bertz CT molecular complexity index is 299. The van der Waals surface area contributed by atoms with Gasteiger partial charge in [0, 0.05) is 7.05 Å². The van der Waals surface area contributed by atoms with Gasteiger partial charge in [0.1, 0.15) is 6.54 Å². The van der Waals surface area contributed by atoms with Crippen molar-refractivity contribution in [2.24, 2.45) is 5.92 Å². The lowest BCUT2D eigenvalue weighted by Crippen LogP contribution is -2.35. The van der Waals surface area contributed by atoms with Crippen LogP contribution in [0, 0.1) is 5.92 Å². The molecule has 0 aliphatic heterocycles. The third-order valence-corrected chi connectivity index (χ3v) is 4.18. The summed E-state index contributed by atoms with van der Waals surface area (Å²) in [4.78, 5) is 10.4. The van der Waals surface area contributed by atoms with Crippen LogP contribution in [0.3, 0.4) is 0 Å². The highest BCUT2D eigenvalue weighted by Crippen LogP contribution is 2.10. The molecule has 5 nitrogen and oxygen atoms in total.